The lowest BCUT2D eigenvalue weighted by molar-refractivity contribution is 0.398. The van der Waals surface area contributed by atoms with E-state index in [9.17, 15) is 8.42 Å². The number of aryl methyl sites for hydroxylation is 1. The molecule has 0 aliphatic carbocycles. The quantitative estimate of drug-likeness (QED) is 0.931. The Balaban J connectivity index is 3.41. The van der Waals surface area contributed by atoms with Crippen LogP contribution < -0.4 is 9.46 Å². The third kappa shape index (κ3) is 3.60. The Morgan fingerprint density at radius 1 is 1.28 bits per heavy atom. The summed E-state index contributed by atoms with van der Waals surface area (Å²) in [5.41, 5.74) is 0.111. The molecule has 1 aromatic rings. The average molecular weight is 292 g/mol. The highest BCUT2D eigenvalue weighted by atomic mass is 35.5. The highest BCUT2D eigenvalue weighted by Crippen LogP contribution is 2.31. The summed E-state index contributed by atoms with van der Waals surface area (Å²) in [5.74, 6) is 0.316. The molecule has 0 atom stereocenters. The van der Waals surface area contributed by atoms with E-state index in [1.54, 1.807) is 33.8 Å². The molecule has 0 spiro atoms. The van der Waals surface area contributed by atoms with Gasteiger partial charge in [0.1, 0.15) is 10.6 Å². The fourth-order valence-corrected chi connectivity index (χ4v) is 3.64. The molecule has 1 rings (SSSR count). The lowest BCUT2D eigenvalue weighted by Crippen LogP contribution is -2.40. The largest absolute Gasteiger partial charge is 0.495 e. The van der Waals surface area contributed by atoms with Crippen LogP contribution in [0.4, 0.5) is 0 Å². The van der Waals surface area contributed by atoms with Gasteiger partial charge in [0, 0.05) is 10.6 Å². The highest BCUT2D eigenvalue weighted by Gasteiger charge is 2.26. The monoisotopic (exact) mass is 291 g/mol. The molecular formula is C12H18ClNO3S. The molecule has 0 aliphatic rings. The van der Waals surface area contributed by atoms with E-state index in [0.717, 1.165) is 0 Å². The van der Waals surface area contributed by atoms with Gasteiger partial charge in [0.05, 0.1) is 7.11 Å². The fourth-order valence-electron chi connectivity index (χ4n) is 1.62. The Morgan fingerprint density at radius 3 is 2.28 bits per heavy atom. The van der Waals surface area contributed by atoms with Gasteiger partial charge in [-0.1, -0.05) is 11.6 Å². The van der Waals surface area contributed by atoms with Gasteiger partial charge in [-0.25, -0.2) is 13.1 Å². The van der Waals surface area contributed by atoms with Gasteiger partial charge >= 0.3 is 0 Å². The summed E-state index contributed by atoms with van der Waals surface area (Å²) >= 11 is 5.91. The van der Waals surface area contributed by atoms with Crippen molar-refractivity contribution in [3.63, 3.8) is 0 Å². The van der Waals surface area contributed by atoms with Crippen LogP contribution in [0.15, 0.2) is 17.0 Å². The zero-order valence-corrected chi connectivity index (χ0v) is 12.7. The summed E-state index contributed by atoms with van der Waals surface area (Å²) < 4.78 is 32.3. The first-order chi connectivity index (χ1) is 8.07. The predicted molar refractivity (Wildman–Crippen MR) is 72.8 cm³/mol. The molecule has 0 saturated carbocycles. The summed E-state index contributed by atoms with van der Waals surface area (Å²) in [6.45, 7) is 7.07. The molecule has 0 heterocycles. The summed E-state index contributed by atoms with van der Waals surface area (Å²) in [6, 6.07) is 3.05. The lowest BCUT2D eigenvalue weighted by Gasteiger charge is -2.22. The molecule has 0 bridgehead atoms. The smallest absolute Gasteiger partial charge is 0.244 e. The number of sulfonamides is 1. The molecule has 6 heteroatoms. The Bertz CT molecular complexity index is 547. The van der Waals surface area contributed by atoms with Gasteiger partial charge in [0.25, 0.3) is 0 Å². The van der Waals surface area contributed by atoms with Crippen molar-refractivity contribution in [3.05, 3.63) is 22.7 Å². The van der Waals surface area contributed by atoms with Crippen molar-refractivity contribution in [3.8, 4) is 5.75 Å². The third-order valence-electron chi connectivity index (χ3n) is 2.14. The van der Waals surface area contributed by atoms with Gasteiger partial charge < -0.3 is 4.74 Å². The van der Waals surface area contributed by atoms with Gasteiger partial charge in [-0.2, -0.15) is 0 Å². The molecular weight excluding hydrogens is 274 g/mol. The summed E-state index contributed by atoms with van der Waals surface area (Å²) in [7, 11) is -2.23. The molecule has 0 aromatic heterocycles. The van der Waals surface area contributed by atoms with Crippen LogP contribution in [0.3, 0.4) is 0 Å². The first-order valence-corrected chi connectivity index (χ1v) is 7.31. The second-order valence-electron chi connectivity index (χ2n) is 5.11. The molecule has 102 valence electrons. The number of hydrogen-bond acceptors (Lipinski definition) is 3. The van der Waals surface area contributed by atoms with Crippen LogP contribution in [0.25, 0.3) is 0 Å². The second-order valence-corrected chi connectivity index (χ2v) is 7.20. The molecule has 0 aliphatic heterocycles. The SMILES string of the molecule is COc1c(C)cc(Cl)cc1S(=O)(=O)NC(C)(C)C. The van der Waals surface area contributed by atoms with Crippen molar-refractivity contribution in [1.82, 2.24) is 4.72 Å². The molecule has 0 unspecified atom stereocenters. The Morgan fingerprint density at radius 2 is 1.83 bits per heavy atom. The number of methoxy groups -OCH3 is 1. The van der Waals surface area contributed by atoms with E-state index in [4.69, 9.17) is 16.3 Å². The number of halogens is 1. The van der Waals surface area contributed by atoms with E-state index in [1.807, 2.05) is 0 Å². The van der Waals surface area contributed by atoms with Crippen molar-refractivity contribution in [2.24, 2.45) is 0 Å². The zero-order chi connectivity index (χ0) is 14.1. The van der Waals surface area contributed by atoms with Crippen LogP contribution in [0.1, 0.15) is 26.3 Å². The Labute approximate surface area is 113 Å². The summed E-state index contributed by atoms with van der Waals surface area (Å²) in [6.07, 6.45) is 0. The molecule has 1 N–H and O–H groups in total. The van der Waals surface area contributed by atoms with Gasteiger partial charge in [-0.3, -0.25) is 0 Å². The highest BCUT2D eigenvalue weighted by molar-refractivity contribution is 7.89. The van der Waals surface area contributed by atoms with E-state index >= 15 is 0 Å². The first kappa shape index (κ1) is 15.3. The summed E-state index contributed by atoms with van der Waals surface area (Å²) in [4.78, 5) is 0.0601. The summed E-state index contributed by atoms with van der Waals surface area (Å²) in [5, 5.41) is 0.364. The van der Waals surface area contributed by atoms with Gasteiger partial charge in [-0.15, -0.1) is 0 Å². The third-order valence-corrected chi connectivity index (χ3v) is 4.12. The zero-order valence-electron chi connectivity index (χ0n) is 11.2. The van der Waals surface area contributed by atoms with Crippen molar-refractivity contribution < 1.29 is 13.2 Å². The van der Waals surface area contributed by atoms with Crippen LogP contribution in [-0.4, -0.2) is 21.1 Å². The van der Waals surface area contributed by atoms with E-state index < -0.39 is 15.6 Å². The van der Waals surface area contributed by atoms with Gasteiger partial charge in [0.15, 0.2) is 0 Å². The van der Waals surface area contributed by atoms with Crippen LogP contribution in [0, 0.1) is 6.92 Å². The average Bonchev–Trinajstić information content (AvgIpc) is 2.12. The topological polar surface area (TPSA) is 55.4 Å². The van der Waals surface area contributed by atoms with Crippen molar-refractivity contribution in [2.75, 3.05) is 7.11 Å². The molecule has 0 fully saturated rings. The molecule has 18 heavy (non-hydrogen) atoms. The number of rotatable bonds is 3. The minimum absolute atomic E-state index is 0.0601. The number of benzene rings is 1. The Kier molecular flexibility index (Phi) is 4.30. The maximum Gasteiger partial charge on any atom is 0.244 e. The Hall–Kier alpha value is -0.780. The van der Waals surface area contributed by atoms with Crippen molar-refractivity contribution in [1.29, 1.82) is 0 Å². The minimum Gasteiger partial charge on any atom is -0.495 e. The van der Waals surface area contributed by atoms with E-state index in [1.165, 1.54) is 13.2 Å². The van der Waals surface area contributed by atoms with E-state index in [0.29, 0.717) is 16.3 Å². The fraction of sp³-hybridized carbons (Fsp3) is 0.500. The standard InChI is InChI=1S/C12H18ClNO3S/c1-8-6-9(13)7-10(11(8)17-5)18(15,16)14-12(2,3)4/h6-7,14H,1-5H3. The normalized spacial score (nSPS) is 12.6. The number of hydrogen-bond donors (Lipinski definition) is 1. The molecule has 1 aromatic carbocycles. The second kappa shape index (κ2) is 5.07. The maximum atomic E-state index is 12.3. The number of nitrogens with one attached hydrogen (secondary N) is 1. The lowest BCUT2D eigenvalue weighted by atomic mass is 10.1. The number of ether oxygens (including phenoxy) is 1. The predicted octanol–water partition coefficient (Wildman–Crippen LogP) is 2.73. The van der Waals surface area contributed by atoms with Gasteiger partial charge in [-0.05, 0) is 45.4 Å². The van der Waals surface area contributed by atoms with Crippen LogP contribution in [0.2, 0.25) is 5.02 Å². The van der Waals surface area contributed by atoms with Crippen molar-refractivity contribution >= 4 is 21.6 Å². The molecule has 4 nitrogen and oxygen atoms in total. The van der Waals surface area contributed by atoms with E-state index in [-0.39, 0.29) is 4.90 Å². The van der Waals surface area contributed by atoms with Crippen LogP contribution in [0.5, 0.6) is 5.75 Å². The molecule has 0 saturated heterocycles. The van der Waals surface area contributed by atoms with Gasteiger partial charge in [0.2, 0.25) is 10.0 Å². The molecule has 0 radical (unpaired) electrons. The first-order valence-electron chi connectivity index (χ1n) is 5.45. The van der Waals surface area contributed by atoms with Crippen LogP contribution >= 0.6 is 11.6 Å². The van der Waals surface area contributed by atoms with Crippen molar-refractivity contribution in [2.45, 2.75) is 38.1 Å². The minimum atomic E-state index is -3.67. The maximum absolute atomic E-state index is 12.3. The molecule has 0 amide bonds. The van der Waals surface area contributed by atoms with E-state index in [2.05, 4.69) is 4.72 Å². The van der Waals surface area contributed by atoms with Crippen LogP contribution in [-0.2, 0) is 10.0 Å².